The predicted octanol–water partition coefficient (Wildman–Crippen LogP) is 6.65. The minimum Gasteiger partial charge on any atom is -0.103 e. The van der Waals surface area contributed by atoms with Crippen molar-refractivity contribution in [2.24, 2.45) is 0 Å². The summed E-state index contributed by atoms with van der Waals surface area (Å²) in [5, 5.41) is 0. The van der Waals surface area contributed by atoms with Crippen LogP contribution in [0.1, 0.15) is 69.8 Å². The first-order valence-corrected chi connectivity index (χ1v) is 8.13. The van der Waals surface area contributed by atoms with Crippen molar-refractivity contribution in [1.29, 1.82) is 0 Å². The van der Waals surface area contributed by atoms with Crippen molar-refractivity contribution >= 4 is 0 Å². The van der Waals surface area contributed by atoms with Crippen LogP contribution in [0.5, 0.6) is 0 Å². The van der Waals surface area contributed by atoms with Crippen LogP contribution in [-0.2, 0) is 0 Å². The molecule has 1 unspecified atom stereocenters. The fraction of sp³-hybridized carbons (Fsp3) is 0.500. The van der Waals surface area contributed by atoms with Gasteiger partial charge in [-0.1, -0.05) is 94.0 Å². The molecule has 110 valence electrons. The topological polar surface area (TPSA) is 0 Å². The SMILES string of the molecule is C=CCC(=C)C(CCCCCCCC)c1ccccc1. The molecule has 0 heterocycles. The van der Waals surface area contributed by atoms with E-state index in [1.807, 2.05) is 6.08 Å². The summed E-state index contributed by atoms with van der Waals surface area (Å²) in [4.78, 5) is 0. The lowest BCUT2D eigenvalue weighted by atomic mass is 9.86. The van der Waals surface area contributed by atoms with Crippen molar-refractivity contribution in [1.82, 2.24) is 0 Å². The molecule has 0 aliphatic heterocycles. The molecule has 0 saturated heterocycles. The van der Waals surface area contributed by atoms with Gasteiger partial charge in [-0.3, -0.25) is 0 Å². The molecule has 0 aliphatic rings. The van der Waals surface area contributed by atoms with Crippen LogP contribution in [0.3, 0.4) is 0 Å². The van der Waals surface area contributed by atoms with E-state index in [1.54, 1.807) is 0 Å². The first kappa shape index (κ1) is 16.8. The van der Waals surface area contributed by atoms with Gasteiger partial charge >= 0.3 is 0 Å². The third kappa shape index (κ3) is 6.23. The third-order valence-corrected chi connectivity index (χ3v) is 3.95. The monoisotopic (exact) mass is 270 g/mol. The Bertz CT molecular complexity index is 374. The maximum Gasteiger partial charge on any atom is 0.00485 e. The highest BCUT2D eigenvalue weighted by Crippen LogP contribution is 2.31. The van der Waals surface area contributed by atoms with Gasteiger partial charge in [0.2, 0.25) is 0 Å². The molecule has 0 nitrogen and oxygen atoms in total. The summed E-state index contributed by atoms with van der Waals surface area (Å²) in [6.45, 7) is 10.4. The van der Waals surface area contributed by atoms with Crippen LogP contribution in [0.2, 0.25) is 0 Å². The molecule has 0 amide bonds. The zero-order chi connectivity index (χ0) is 14.6. The first-order chi connectivity index (χ1) is 9.79. The summed E-state index contributed by atoms with van der Waals surface area (Å²) in [7, 11) is 0. The number of unbranched alkanes of at least 4 members (excludes halogenated alkanes) is 5. The summed E-state index contributed by atoms with van der Waals surface area (Å²) < 4.78 is 0. The molecule has 0 bridgehead atoms. The largest absolute Gasteiger partial charge is 0.103 e. The molecular formula is C20H30. The summed E-state index contributed by atoms with van der Waals surface area (Å²) in [5.74, 6) is 0.500. The second kappa shape index (κ2) is 10.5. The van der Waals surface area contributed by atoms with Crippen LogP contribution >= 0.6 is 0 Å². The van der Waals surface area contributed by atoms with Crippen LogP contribution in [0.15, 0.2) is 55.1 Å². The Balaban J connectivity index is 2.47. The lowest BCUT2D eigenvalue weighted by molar-refractivity contribution is 0.563. The fourth-order valence-corrected chi connectivity index (χ4v) is 2.75. The highest BCUT2D eigenvalue weighted by molar-refractivity contribution is 5.28. The molecule has 0 radical (unpaired) electrons. The highest BCUT2D eigenvalue weighted by Gasteiger charge is 2.13. The first-order valence-electron chi connectivity index (χ1n) is 8.13. The van der Waals surface area contributed by atoms with Gasteiger partial charge in [-0.15, -0.1) is 6.58 Å². The molecule has 1 atom stereocenters. The Morgan fingerprint density at radius 3 is 2.35 bits per heavy atom. The maximum absolute atomic E-state index is 4.28. The number of rotatable bonds is 11. The Morgan fingerprint density at radius 2 is 1.70 bits per heavy atom. The normalized spacial score (nSPS) is 12.1. The average molecular weight is 270 g/mol. The van der Waals surface area contributed by atoms with Gasteiger partial charge in [0.05, 0.1) is 0 Å². The van der Waals surface area contributed by atoms with Crippen LogP contribution in [0.4, 0.5) is 0 Å². The Hall–Kier alpha value is -1.30. The zero-order valence-corrected chi connectivity index (χ0v) is 13.1. The molecule has 0 fully saturated rings. The third-order valence-electron chi connectivity index (χ3n) is 3.95. The minimum absolute atomic E-state index is 0.500. The Kier molecular flexibility index (Phi) is 8.78. The molecular weight excluding hydrogens is 240 g/mol. The molecule has 0 saturated carbocycles. The van der Waals surface area contributed by atoms with Gasteiger partial charge in [0, 0.05) is 5.92 Å². The predicted molar refractivity (Wildman–Crippen MR) is 91.1 cm³/mol. The molecule has 1 aromatic carbocycles. The van der Waals surface area contributed by atoms with Gasteiger partial charge < -0.3 is 0 Å². The van der Waals surface area contributed by atoms with Gasteiger partial charge in [-0.2, -0.15) is 0 Å². The van der Waals surface area contributed by atoms with E-state index >= 15 is 0 Å². The summed E-state index contributed by atoms with van der Waals surface area (Å²) in [6.07, 6.45) is 12.2. The molecule has 0 aliphatic carbocycles. The quantitative estimate of drug-likeness (QED) is 0.312. The average Bonchev–Trinajstić information content (AvgIpc) is 2.47. The van der Waals surface area contributed by atoms with Gasteiger partial charge in [0.15, 0.2) is 0 Å². The van der Waals surface area contributed by atoms with E-state index in [2.05, 4.69) is 50.4 Å². The maximum atomic E-state index is 4.28. The number of benzene rings is 1. The molecule has 0 heteroatoms. The fourth-order valence-electron chi connectivity index (χ4n) is 2.75. The number of hydrogen-bond acceptors (Lipinski definition) is 0. The minimum atomic E-state index is 0.500. The van der Waals surface area contributed by atoms with E-state index in [0.29, 0.717) is 5.92 Å². The van der Waals surface area contributed by atoms with E-state index in [4.69, 9.17) is 0 Å². The molecule has 1 aromatic rings. The van der Waals surface area contributed by atoms with Crippen molar-refractivity contribution in [3.63, 3.8) is 0 Å². The van der Waals surface area contributed by atoms with Crippen LogP contribution in [-0.4, -0.2) is 0 Å². The molecule has 20 heavy (non-hydrogen) atoms. The zero-order valence-electron chi connectivity index (χ0n) is 13.1. The number of hydrogen-bond donors (Lipinski definition) is 0. The summed E-state index contributed by atoms with van der Waals surface area (Å²) in [6, 6.07) is 10.8. The van der Waals surface area contributed by atoms with E-state index < -0.39 is 0 Å². The Labute approximate surface area is 125 Å². The highest BCUT2D eigenvalue weighted by atomic mass is 14.2. The molecule has 0 aromatic heterocycles. The van der Waals surface area contributed by atoms with Crippen LogP contribution in [0, 0.1) is 0 Å². The number of allylic oxidation sites excluding steroid dienone is 2. The molecule has 1 rings (SSSR count). The van der Waals surface area contributed by atoms with Crippen molar-refractivity contribution in [2.75, 3.05) is 0 Å². The standard InChI is InChI=1S/C20H30/c1-4-6-7-8-9-13-17-20(18(3)14-5-2)19-15-11-10-12-16-19/h5,10-12,15-16,20H,2-4,6-9,13-14,17H2,1H3. The lowest BCUT2D eigenvalue weighted by Gasteiger charge is -2.19. The van der Waals surface area contributed by atoms with E-state index in [-0.39, 0.29) is 0 Å². The van der Waals surface area contributed by atoms with E-state index in [1.165, 1.54) is 56.1 Å². The van der Waals surface area contributed by atoms with Gasteiger partial charge in [-0.25, -0.2) is 0 Å². The van der Waals surface area contributed by atoms with Crippen LogP contribution < -0.4 is 0 Å². The van der Waals surface area contributed by atoms with Gasteiger partial charge in [0.1, 0.15) is 0 Å². The Morgan fingerprint density at radius 1 is 1.05 bits per heavy atom. The summed E-state index contributed by atoms with van der Waals surface area (Å²) in [5.41, 5.74) is 2.72. The van der Waals surface area contributed by atoms with Gasteiger partial charge in [-0.05, 0) is 18.4 Å². The second-order valence-corrected chi connectivity index (χ2v) is 5.67. The summed E-state index contributed by atoms with van der Waals surface area (Å²) >= 11 is 0. The van der Waals surface area contributed by atoms with Crippen molar-refractivity contribution in [3.8, 4) is 0 Å². The molecule has 0 N–H and O–H groups in total. The molecule has 0 spiro atoms. The van der Waals surface area contributed by atoms with Gasteiger partial charge in [0.25, 0.3) is 0 Å². The van der Waals surface area contributed by atoms with Crippen LogP contribution in [0.25, 0.3) is 0 Å². The van der Waals surface area contributed by atoms with Crippen molar-refractivity contribution < 1.29 is 0 Å². The van der Waals surface area contributed by atoms with E-state index in [0.717, 1.165) is 6.42 Å². The van der Waals surface area contributed by atoms with E-state index in [9.17, 15) is 0 Å². The lowest BCUT2D eigenvalue weighted by Crippen LogP contribution is -2.02. The van der Waals surface area contributed by atoms with Crippen molar-refractivity contribution in [3.05, 3.63) is 60.7 Å². The smallest absolute Gasteiger partial charge is 0.00485 e. The van der Waals surface area contributed by atoms with Crippen molar-refractivity contribution in [2.45, 2.75) is 64.2 Å². The second-order valence-electron chi connectivity index (χ2n) is 5.67.